The van der Waals surface area contributed by atoms with Crippen molar-refractivity contribution in [3.8, 4) is 17.2 Å². The number of amides is 2. The van der Waals surface area contributed by atoms with Gasteiger partial charge in [0.15, 0.2) is 17.7 Å². The van der Waals surface area contributed by atoms with Crippen molar-refractivity contribution in [3.63, 3.8) is 0 Å². The van der Waals surface area contributed by atoms with E-state index < -0.39 is 18.1 Å². The van der Waals surface area contributed by atoms with Crippen LogP contribution in [-0.2, 0) is 70.5 Å². The van der Waals surface area contributed by atoms with E-state index in [1.807, 2.05) is 73.3 Å². The van der Waals surface area contributed by atoms with Gasteiger partial charge in [0.2, 0.25) is 11.6 Å². The first-order valence-corrected chi connectivity index (χ1v) is 41.4. The van der Waals surface area contributed by atoms with Crippen LogP contribution >= 0.6 is 0 Å². The normalized spacial score (nSPS) is 15.6. The number of hydrogen-bond donors (Lipinski definition) is 2. The Labute approximate surface area is 671 Å². The molecule has 1 aliphatic carbocycles. The number of nitrogens with zero attached hydrogens (tertiary/aromatic N) is 7. The maximum absolute atomic E-state index is 14.4. The van der Waals surface area contributed by atoms with Gasteiger partial charge in [-0.2, -0.15) is 4.58 Å². The minimum Gasteiger partial charge on any atom is -0.497 e. The maximum atomic E-state index is 14.4. The highest BCUT2D eigenvalue weighted by Crippen LogP contribution is 2.50. The molecule has 113 heavy (non-hydrogen) atoms. The predicted molar refractivity (Wildman–Crippen MR) is 454 cm³/mol. The van der Waals surface area contributed by atoms with Gasteiger partial charge in [-0.15, -0.1) is 0 Å². The molecule has 8 aromatic rings. The second-order valence-electron chi connectivity index (χ2n) is 31.8. The first-order chi connectivity index (χ1) is 54.9. The Balaban J connectivity index is 0.790. The number of benzene rings is 4. The summed E-state index contributed by atoms with van der Waals surface area (Å²) in [5, 5.41) is 5.81. The summed E-state index contributed by atoms with van der Waals surface area (Å²) in [5.41, 5.74) is 19.3. The number of nitrogens with one attached hydrogen (secondary N) is 2. The van der Waals surface area contributed by atoms with E-state index in [1.165, 1.54) is 57.6 Å². The maximum Gasteiger partial charge on any atom is 0.254 e. The molecule has 1 unspecified atom stereocenters. The van der Waals surface area contributed by atoms with Gasteiger partial charge < -0.3 is 29.7 Å². The van der Waals surface area contributed by atoms with E-state index in [4.69, 9.17) is 34.1 Å². The highest BCUT2D eigenvalue weighted by atomic mass is 18.2. The number of alkyl halides is 1. The average Bonchev–Trinajstić information content (AvgIpc) is 1.60. The molecule has 0 radical (unpaired) electrons. The summed E-state index contributed by atoms with van der Waals surface area (Å²) >= 11 is 0. The Kier molecular flexibility index (Phi) is 30.8. The minimum absolute atomic E-state index is 0.0294. The van der Waals surface area contributed by atoms with Gasteiger partial charge in [0, 0.05) is 123 Å². The van der Waals surface area contributed by atoms with Crippen LogP contribution in [0.3, 0.4) is 0 Å². The summed E-state index contributed by atoms with van der Waals surface area (Å²) in [7, 11) is 3.48. The van der Waals surface area contributed by atoms with E-state index >= 15 is 0 Å². The zero-order valence-corrected chi connectivity index (χ0v) is 68.3. The number of ether oxygens (including phenoxy) is 3. The molecule has 15 nitrogen and oxygen atoms in total. The third kappa shape index (κ3) is 23.3. The number of halogens is 1. The molecule has 0 bridgehead atoms. The number of methoxy groups -OCH3 is 2. The van der Waals surface area contributed by atoms with Crippen LogP contribution < -0.4 is 29.7 Å². The molecule has 0 saturated carbocycles. The molecular weight excluding hydrogens is 1410 g/mol. The van der Waals surface area contributed by atoms with E-state index in [-0.39, 0.29) is 47.8 Å². The molecule has 0 fully saturated rings. The minimum atomic E-state index is -1.62. The van der Waals surface area contributed by atoms with Crippen molar-refractivity contribution < 1.29 is 37.6 Å². The highest BCUT2D eigenvalue weighted by Gasteiger charge is 2.45. The van der Waals surface area contributed by atoms with Crippen LogP contribution in [0.15, 0.2) is 218 Å². The quantitative estimate of drug-likeness (QED) is 0.0275. The second-order valence-corrected chi connectivity index (χ2v) is 31.8. The van der Waals surface area contributed by atoms with Crippen LogP contribution in [0.1, 0.15) is 207 Å². The molecule has 2 amide bonds. The van der Waals surface area contributed by atoms with Gasteiger partial charge in [-0.1, -0.05) is 107 Å². The number of carbonyl (C=O) groups excluding carboxylic acids is 3. The van der Waals surface area contributed by atoms with E-state index in [9.17, 15) is 18.8 Å². The number of fused-ring (bicyclic) bond motifs is 2. The predicted octanol–water partition coefficient (Wildman–Crippen LogP) is 19.6. The largest absolute Gasteiger partial charge is 0.497 e. The van der Waals surface area contributed by atoms with Crippen molar-refractivity contribution in [2.45, 2.75) is 220 Å². The number of anilines is 1. The van der Waals surface area contributed by atoms with Crippen LogP contribution in [0.2, 0.25) is 0 Å². The lowest BCUT2D eigenvalue weighted by molar-refractivity contribution is -0.438. The van der Waals surface area contributed by atoms with E-state index in [1.54, 1.807) is 14.2 Å². The first-order valence-electron chi connectivity index (χ1n) is 41.4. The van der Waals surface area contributed by atoms with Gasteiger partial charge in [-0.05, 0) is 265 Å². The van der Waals surface area contributed by atoms with Crippen LogP contribution in [0.5, 0.6) is 17.2 Å². The lowest BCUT2D eigenvalue weighted by Gasteiger charge is -2.27. The zero-order chi connectivity index (χ0) is 79.5. The molecule has 0 spiro atoms. The van der Waals surface area contributed by atoms with Crippen molar-refractivity contribution in [1.29, 1.82) is 0 Å². The summed E-state index contributed by atoms with van der Waals surface area (Å²) in [5.74, 6) is 1.84. The van der Waals surface area contributed by atoms with Gasteiger partial charge in [0.1, 0.15) is 23.8 Å². The molecule has 4 aromatic heterocycles. The monoisotopic (exact) mass is 1520 g/mol. The Hall–Kier alpha value is -10.2. The third-order valence-electron chi connectivity index (χ3n) is 22.5. The van der Waals surface area contributed by atoms with Gasteiger partial charge in [0.05, 0.1) is 43.7 Å². The molecule has 2 atom stereocenters. The van der Waals surface area contributed by atoms with Crippen molar-refractivity contribution in [1.82, 2.24) is 35.5 Å². The molecule has 11 rings (SSSR count). The summed E-state index contributed by atoms with van der Waals surface area (Å²) in [4.78, 5) is 64.5. The number of aromatic nitrogens is 4. The third-order valence-corrected chi connectivity index (χ3v) is 22.5. The summed E-state index contributed by atoms with van der Waals surface area (Å²) in [6.07, 6.45) is 30.7. The van der Waals surface area contributed by atoms with Gasteiger partial charge >= 0.3 is 0 Å². The van der Waals surface area contributed by atoms with Gasteiger partial charge in [0.25, 0.3) is 5.91 Å². The smallest absolute Gasteiger partial charge is 0.254 e. The molecule has 2 N–H and O–H groups in total. The summed E-state index contributed by atoms with van der Waals surface area (Å²) in [6, 6.07) is 52.0. The van der Waals surface area contributed by atoms with E-state index in [0.29, 0.717) is 58.3 Å². The molecule has 16 heteroatoms. The zero-order valence-electron chi connectivity index (χ0n) is 68.3. The molecule has 0 saturated heterocycles. The fourth-order valence-electron chi connectivity index (χ4n) is 16.4. The van der Waals surface area contributed by atoms with Crippen LogP contribution in [-0.4, -0.2) is 105 Å². The first kappa shape index (κ1) is 83.7. The van der Waals surface area contributed by atoms with Crippen LogP contribution in [0.25, 0.3) is 5.57 Å². The number of aryl methyl sites for hydroxylation is 1. The number of pyridine rings is 4. The Bertz CT molecular complexity index is 4400. The molecular formula is C97H119FN9O6+. The van der Waals surface area contributed by atoms with Crippen LogP contribution in [0, 0.1) is 5.92 Å². The number of Topliss-reactive ketones (excluding diaryl/α,β-unsaturated/α-hetero) is 1. The Morgan fingerprint density at radius 2 is 1.26 bits per heavy atom. The number of unbranched alkanes of at least 4 members (excludes halogenated alkanes) is 6. The van der Waals surface area contributed by atoms with Crippen molar-refractivity contribution >= 4 is 40.3 Å². The molecule has 6 heterocycles. The average molecular weight is 1530 g/mol. The second kappa shape index (κ2) is 41.5. The van der Waals surface area contributed by atoms with Crippen molar-refractivity contribution in [2.24, 2.45) is 5.92 Å². The molecule has 3 aliphatic rings. The van der Waals surface area contributed by atoms with E-state index in [0.717, 1.165) is 159 Å². The van der Waals surface area contributed by atoms with E-state index in [2.05, 4.69) is 194 Å². The molecule has 2 aliphatic heterocycles. The lowest BCUT2D eigenvalue weighted by atomic mass is 9.79. The number of hydrogen-bond acceptors (Lipinski definition) is 12. The molecule has 4 aromatic carbocycles. The topological polar surface area (TPSA) is 164 Å². The Morgan fingerprint density at radius 3 is 1.89 bits per heavy atom. The summed E-state index contributed by atoms with van der Waals surface area (Å²) in [6.45, 7) is 19.6. The number of ketones is 1. The van der Waals surface area contributed by atoms with Gasteiger partial charge in [-0.3, -0.25) is 39.2 Å². The summed E-state index contributed by atoms with van der Waals surface area (Å²) < 4.78 is 34.6. The van der Waals surface area contributed by atoms with Crippen molar-refractivity contribution in [3.05, 3.63) is 274 Å². The van der Waals surface area contributed by atoms with Crippen LogP contribution in [0.4, 0.5) is 15.8 Å². The van der Waals surface area contributed by atoms with Gasteiger partial charge in [-0.25, -0.2) is 4.39 Å². The standard InChI is InChI=1S/C97H118FN9O6/c1-10-12-26-57-107-89-47-45-83(112-9)66-86(89)97(6,7)92(107)49-43-76-30-28-29-75(42-48-91-96(4,5)85-65-82(111-8)44-46-88(85)106(91)56-13-11-2)94(76)77-40-37-71(38-41-77)39-50-93(109)104-87(35-20-25-55-103-95(110)70(3)98)90(108)36-15-14-27-58-113-84-63-72(59-73(61-78-31-16-21-51-99-78)62-79-32-17-22-52-100-79)60-74(64-84)67-105(68-80-33-18-23-53-101-80)69-81-34-19-24-54-102-81/h16-19,21-24,31-34,37-38,40-49,51-54,60,63-66,70,73,87H,10-15,20,25-30,35-36,39,50,55-59,61-62,67-69H2,1-9H3,(H-,103,104,109,110)/p+1/t70?,87-/m0/s1/i98-1. The number of rotatable bonds is 43. The number of carbonyl (C=O) groups is 3. The van der Waals surface area contributed by atoms with Crippen molar-refractivity contribution in [2.75, 3.05) is 45.4 Å². The fourth-order valence-corrected chi connectivity index (χ4v) is 16.4. The number of allylic oxidation sites excluding steroid dienone is 8. The fraction of sp³-hybridized carbons (Fsp3) is 0.423. The lowest BCUT2D eigenvalue weighted by Crippen LogP contribution is -2.41. The Morgan fingerprint density at radius 1 is 0.611 bits per heavy atom. The molecule has 594 valence electrons. The highest BCUT2D eigenvalue weighted by molar-refractivity contribution is 6.04. The SMILES string of the molecule is CCCCC[N+]1=C(/C=C/C2=C(c3ccc(CCC(=O)N[C@@H](CCCCNC(=O)C(C)[18F])C(=O)CCCCCOc4cc(CC(Cc5ccccn5)Cc5ccccn5)cc(CN(Cc5ccccn5)Cc5ccccn5)c4)cc3)C(=C/C=C3/N(CCCC)c4ccc(OC)cc4C3(C)C)/CCC2)C(C)(C)c2cc(OC)ccc21.